The lowest BCUT2D eigenvalue weighted by Gasteiger charge is -2.32. The molecule has 1 aliphatic heterocycles. The van der Waals surface area contributed by atoms with Gasteiger partial charge in [-0.2, -0.15) is 0 Å². The maximum absolute atomic E-state index is 12.8. The Morgan fingerprint density at radius 2 is 1.62 bits per heavy atom. The molecule has 1 heterocycles. The first kappa shape index (κ1) is 19.0. The molecule has 1 N–H and O–H groups in total. The van der Waals surface area contributed by atoms with Gasteiger partial charge in [0.25, 0.3) is 5.91 Å². The molecule has 4 nitrogen and oxygen atoms in total. The van der Waals surface area contributed by atoms with Gasteiger partial charge in [0.15, 0.2) is 5.78 Å². The number of ketones is 1. The highest BCUT2D eigenvalue weighted by Gasteiger charge is 2.31. The number of nitrogens with zero attached hydrogens (tertiary/aromatic N) is 1. The molecule has 0 saturated carbocycles. The molecule has 2 aromatic rings. The maximum atomic E-state index is 12.8. The minimum absolute atomic E-state index is 0.0268. The van der Waals surface area contributed by atoms with Crippen molar-refractivity contribution >= 4 is 46.5 Å². The highest BCUT2D eigenvalue weighted by Crippen LogP contribution is 2.39. The molecule has 0 aliphatic carbocycles. The van der Waals surface area contributed by atoms with Gasteiger partial charge in [-0.3, -0.25) is 9.59 Å². The molecule has 0 atom stereocenters. The summed E-state index contributed by atoms with van der Waals surface area (Å²) in [5, 5.41) is 10.2. The predicted octanol–water partition coefficient (Wildman–Crippen LogP) is 5.09. The summed E-state index contributed by atoms with van der Waals surface area (Å²) in [6.45, 7) is 0.782. The monoisotopic (exact) mass is 411 g/mol. The number of likely N-dealkylation sites (tertiary alicyclic amines) is 1. The Morgan fingerprint density at radius 3 is 2.23 bits per heavy atom. The van der Waals surface area contributed by atoms with Gasteiger partial charge in [0.1, 0.15) is 11.3 Å². The van der Waals surface area contributed by atoms with E-state index in [1.54, 1.807) is 17.0 Å². The predicted molar refractivity (Wildman–Crippen MR) is 103 cm³/mol. The van der Waals surface area contributed by atoms with Crippen LogP contribution in [0.25, 0.3) is 0 Å². The van der Waals surface area contributed by atoms with Crippen molar-refractivity contribution in [3.05, 3.63) is 62.6 Å². The first-order valence-corrected chi connectivity index (χ1v) is 9.28. The van der Waals surface area contributed by atoms with Crippen LogP contribution in [0.5, 0.6) is 5.75 Å². The van der Waals surface area contributed by atoms with Gasteiger partial charge in [-0.1, -0.05) is 65.1 Å². The fourth-order valence-corrected chi connectivity index (χ4v) is 3.81. The lowest BCUT2D eigenvalue weighted by Crippen LogP contribution is -2.40. The topological polar surface area (TPSA) is 57.6 Å². The van der Waals surface area contributed by atoms with Crippen LogP contribution in [0.3, 0.4) is 0 Å². The van der Waals surface area contributed by atoms with Crippen molar-refractivity contribution in [2.45, 2.75) is 12.8 Å². The Morgan fingerprint density at radius 1 is 1.00 bits per heavy atom. The first-order valence-electron chi connectivity index (χ1n) is 8.15. The molecule has 0 bridgehead atoms. The zero-order valence-electron chi connectivity index (χ0n) is 13.7. The van der Waals surface area contributed by atoms with Gasteiger partial charge in [-0.05, 0) is 18.9 Å². The fraction of sp³-hybridized carbons (Fsp3) is 0.263. The van der Waals surface area contributed by atoms with Crippen LogP contribution in [0.2, 0.25) is 15.1 Å². The summed E-state index contributed by atoms with van der Waals surface area (Å²) in [5.41, 5.74) is 0.580. The van der Waals surface area contributed by atoms with Gasteiger partial charge in [0.05, 0.1) is 15.1 Å². The fourth-order valence-electron chi connectivity index (χ4n) is 3.12. The second kappa shape index (κ2) is 7.87. The SMILES string of the molecule is O=C(c1ccccc1)C1CCN(C(=O)c2c(O)c(Cl)cc(Cl)c2Cl)CC1. The Bertz CT molecular complexity index is 821. The molecule has 0 aromatic heterocycles. The van der Waals surface area contributed by atoms with Crippen molar-refractivity contribution in [3.63, 3.8) is 0 Å². The van der Waals surface area contributed by atoms with Crippen LogP contribution in [0.1, 0.15) is 33.6 Å². The number of halogens is 3. The number of carbonyl (C=O) groups is 2. The average Bonchev–Trinajstić information content (AvgIpc) is 2.67. The molecule has 1 saturated heterocycles. The second-order valence-electron chi connectivity index (χ2n) is 6.17. The van der Waals surface area contributed by atoms with Gasteiger partial charge in [0, 0.05) is 24.6 Å². The molecule has 1 amide bonds. The number of hydrogen-bond donors (Lipinski definition) is 1. The summed E-state index contributed by atoms with van der Waals surface area (Å²) in [6.07, 6.45) is 1.10. The van der Waals surface area contributed by atoms with E-state index in [2.05, 4.69) is 0 Å². The van der Waals surface area contributed by atoms with Crippen molar-refractivity contribution in [3.8, 4) is 5.75 Å². The Labute approximate surface area is 166 Å². The van der Waals surface area contributed by atoms with Crippen LogP contribution in [-0.4, -0.2) is 34.8 Å². The molecular formula is C19H16Cl3NO3. The van der Waals surface area contributed by atoms with E-state index in [-0.39, 0.29) is 38.1 Å². The number of phenols is 1. The summed E-state index contributed by atoms with van der Waals surface area (Å²) >= 11 is 18.0. The summed E-state index contributed by atoms with van der Waals surface area (Å²) in [6, 6.07) is 10.4. The molecule has 136 valence electrons. The molecule has 1 aliphatic rings. The molecule has 1 fully saturated rings. The molecule has 26 heavy (non-hydrogen) atoms. The van der Waals surface area contributed by atoms with Crippen LogP contribution in [0, 0.1) is 5.92 Å². The third-order valence-corrected chi connectivity index (χ3v) is 5.65. The van der Waals surface area contributed by atoms with Crippen LogP contribution in [-0.2, 0) is 0 Å². The smallest absolute Gasteiger partial charge is 0.259 e. The highest BCUT2D eigenvalue weighted by molar-refractivity contribution is 6.45. The van der Waals surface area contributed by atoms with E-state index in [9.17, 15) is 14.7 Å². The molecular weight excluding hydrogens is 397 g/mol. The molecule has 0 radical (unpaired) electrons. The number of benzene rings is 2. The minimum Gasteiger partial charge on any atom is -0.505 e. The molecule has 2 aromatic carbocycles. The number of carbonyl (C=O) groups excluding carboxylic acids is 2. The van der Waals surface area contributed by atoms with E-state index in [4.69, 9.17) is 34.8 Å². The second-order valence-corrected chi connectivity index (χ2v) is 7.37. The lowest BCUT2D eigenvalue weighted by molar-refractivity contribution is 0.0648. The molecule has 0 spiro atoms. The molecule has 7 heteroatoms. The van der Waals surface area contributed by atoms with Crippen LogP contribution in [0.15, 0.2) is 36.4 Å². The quantitative estimate of drug-likeness (QED) is 0.564. The van der Waals surface area contributed by atoms with Crippen molar-refractivity contribution in [1.29, 1.82) is 0 Å². The maximum Gasteiger partial charge on any atom is 0.259 e. The Hall–Kier alpha value is -1.75. The summed E-state index contributed by atoms with van der Waals surface area (Å²) in [7, 11) is 0. The van der Waals surface area contributed by atoms with Gasteiger partial charge in [-0.25, -0.2) is 0 Å². The minimum atomic E-state index is -0.442. The third-order valence-electron chi connectivity index (χ3n) is 4.57. The van der Waals surface area contributed by atoms with Gasteiger partial charge in [-0.15, -0.1) is 0 Å². The largest absolute Gasteiger partial charge is 0.505 e. The van der Waals surface area contributed by atoms with Crippen LogP contribution >= 0.6 is 34.8 Å². The average molecular weight is 413 g/mol. The highest BCUT2D eigenvalue weighted by atomic mass is 35.5. The van der Waals surface area contributed by atoms with E-state index in [1.807, 2.05) is 18.2 Å². The standard InChI is InChI=1S/C19H16Cl3NO3/c20-13-10-14(21)18(25)15(16(13)22)19(26)23-8-6-12(7-9-23)17(24)11-4-2-1-3-5-11/h1-5,10,12,25H,6-9H2. The van der Waals surface area contributed by atoms with Gasteiger partial charge < -0.3 is 10.0 Å². The van der Waals surface area contributed by atoms with Crippen molar-refractivity contribution in [1.82, 2.24) is 4.90 Å². The number of piperidine rings is 1. The zero-order chi connectivity index (χ0) is 18.8. The number of aromatic hydroxyl groups is 1. The molecule has 0 unspecified atom stereocenters. The number of phenolic OH excluding ortho intramolecular Hbond substituents is 1. The molecule has 3 rings (SSSR count). The number of Topliss-reactive ketones (excluding diaryl/α,β-unsaturated/α-hetero) is 1. The van der Waals surface area contributed by atoms with Crippen LogP contribution in [0.4, 0.5) is 0 Å². The Kier molecular flexibility index (Phi) is 5.76. The Balaban J connectivity index is 1.73. The van der Waals surface area contributed by atoms with Crippen molar-refractivity contribution < 1.29 is 14.7 Å². The van der Waals surface area contributed by atoms with E-state index < -0.39 is 5.91 Å². The first-order chi connectivity index (χ1) is 12.4. The van der Waals surface area contributed by atoms with Crippen molar-refractivity contribution in [2.24, 2.45) is 5.92 Å². The van der Waals surface area contributed by atoms with E-state index >= 15 is 0 Å². The zero-order valence-corrected chi connectivity index (χ0v) is 16.0. The summed E-state index contributed by atoms with van der Waals surface area (Å²) in [4.78, 5) is 26.9. The summed E-state index contributed by atoms with van der Waals surface area (Å²) in [5.74, 6) is -0.867. The van der Waals surface area contributed by atoms with E-state index in [0.29, 0.717) is 31.5 Å². The number of hydrogen-bond acceptors (Lipinski definition) is 3. The van der Waals surface area contributed by atoms with Gasteiger partial charge in [0.2, 0.25) is 0 Å². The lowest BCUT2D eigenvalue weighted by atomic mass is 9.88. The summed E-state index contributed by atoms with van der Waals surface area (Å²) < 4.78 is 0. The van der Waals surface area contributed by atoms with E-state index in [1.165, 1.54) is 6.07 Å². The normalized spacial score (nSPS) is 15.1. The number of amides is 1. The van der Waals surface area contributed by atoms with Crippen molar-refractivity contribution in [2.75, 3.05) is 13.1 Å². The third kappa shape index (κ3) is 3.68. The van der Waals surface area contributed by atoms with Crippen LogP contribution < -0.4 is 0 Å². The van der Waals surface area contributed by atoms with Gasteiger partial charge >= 0.3 is 0 Å². The number of rotatable bonds is 3. The van der Waals surface area contributed by atoms with E-state index in [0.717, 1.165) is 0 Å².